The first-order valence-corrected chi connectivity index (χ1v) is 9.80. The highest BCUT2D eigenvalue weighted by molar-refractivity contribution is 6.35. The Bertz CT molecular complexity index is 800. The van der Waals surface area contributed by atoms with Crippen LogP contribution < -0.4 is 15.5 Å². The largest absolute Gasteiger partial charge is 0.468 e. The molecule has 0 aliphatic carbocycles. The first-order chi connectivity index (χ1) is 13.9. The molecule has 1 fully saturated rings. The first kappa shape index (κ1) is 20.9. The molecule has 3 rings (SSSR count). The lowest BCUT2D eigenvalue weighted by Gasteiger charge is -2.39. The topological polar surface area (TPSA) is 77.8 Å². The van der Waals surface area contributed by atoms with Gasteiger partial charge in [0.1, 0.15) is 11.6 Å². The Balaban J connectivity index is 1.60. The van der Waals surface area contributed by atoms with Crippen LogP contribution in [0.15, 0.2) is 47.1 Å². The molecule has 0 saturated carbocycles. The predicted octanol–water partition coefficient (Wildman–Crippen LogP) is 1.92. The van der Waals surface area contributed by atoms with E-state index in [0.29, 0.717) is 0 Å². The third kappa shape index (κ3) is 5.57. The van der Waals surface area contributed by atoms with Crippen LogP contribution in [-0.2, 0) is 9.59 Å². The van der Waals surface area contributed by atoms with Crippen molar-refractivity contribution in [1.29, 1.82) is 0 Å². The quantitative estimate of drug-likeness (QED) is 0.722. The third-order valence-corrected chi connectivity index (χ3v) is 4.90. The molecule has 2 heterocycles. The van der Waals surface area contributed by atoms with Crippen molar-refractivity contribution < 1.29 is 18.4 Å². The number of benzene rings is 1. The van der Waals surface area contributed by atoms with Gasteiger partial charge >= 0.3 is 11.8 Å². The number of rotatable bonds is 6. The van der Waals surface area contributed by atoms with Gasteiger partial charge in [-0.25, -0.2) is 4.39 Å². The van der Waals surface area contributed by atoms with E-state index in [1.54, 1.807) is 32.2 Å². The minimum Gasteiger partial charge on any atom is -0.468 e. The molecule has 1 aliphatic heterocycles. The zero-order chi connectivity index (χ0) is 20.8. The van der Waals surface area contributed by atoms with Gasteiger partial charge in [-0.2, -0.15) is 0 Å². The Morgan fingerprint density at radius 2 is 1.76 bits per heavy atom. The fraction of sp³-hybridized carbons (Fsp3) is 0.429. The summed E-state index contributed by atoms with van der Waals surface area (Å²) in [6.45, 7) is 6.91. The maximum Gasteiger partial charge on any atom is 0.309 e. The number of piperazine rings is 1. The average Bonchev–Trinajstić information content (AvgIpc) is 3.23. The number of carbonyl (C=O) groups excluding carboxylic acids is 2. The predicted molar refractivity (Wildman–Crippen MR) is 108 cm³/mol. The molecule has 0 unspecified atom stereocenters. The van der Waals surface area contributed by atoms with Crippen molar-refractivity contribution in [2.45, 2.75) is 25.9 Å². The van der Waals surface area contributed by atoms with Gasteiger partial charge in [0.05, 0.1) is 12.3 Å². The lowest BCUT2D eigenvalue weighted by Crippen LogP contribution is -2.51. The van der Waals surface area contributed by atoms with Crippen molar-refractivity contribution in [2.75, 3.05) is 37.6 Å². The molecular formula is C21H27FN4O3. The monoisotopic (exact) mass is 402 g/mol. The van der Waals surface area contributed by atoms with E-state index in [1.807, 2.05) is 12.1 Å². The summed E-state index contributed by atoms with van der Waals surface area (Å²) in [5.74, 6) is -0.799. The average molecular weight is 402 g/mol. The van der Waals surface area contributed by atoms with E-state index >= 15 is 0 Å². The number of furan rings is 1. The van der Waals surface area contributed by atoms with Crippen LogP contribution in [0.4, 0.5) is 10.1 Å². The highest BCUT2D eigenvalue weighted by Crippen LogP contribution is 2.24. The molecule has 7 nitrogen and oxygen atoms in total. The van der Waals surface area contributed by atoms with Gasteiger partial charge in [-0.05, 0) is 50.2 Å². The number of nitrogens with zero attached hydrogens (tertiary/aromatic N) is 2. The van der Waals surface area contributed by atoms with E-state index in [9.17, 15) is 14.0 Å². The molecule has 2 amide bonds. The smallest absolute Gasteiger partial charge is 0.309 e. The van der Waals surface area contributed by atoms with Gasteiger partial charge in [0.2, 0.25) is 0 Å². The van der Waals surface area contributed by atoms with Crippen LogP contribution in [0.1, 0.15) is 25.6 Å². The van der Waals surface area contributed by atoms with Crippen LogP contribution in [0.5, 0.6) is 0 Å². The van der Waals surface area contributed by atoms with Crippen molar-refractivity contribution >= 4 is 17.5 Å². The van der Waals surface area contributed by atoms with Crippen LogP contribution >= 0.6 is 0 Å². The van der Waals surface area contributed by atoms with E-state index in [4.69, 9.17) is 4.42 Å². The van der Waals surface area contributed by atoms with E-state index in [-0.39, 0.29) is 24.4 Å². The second kappa shape index (κ2) is 9.56. The molecular weight excluding hydrogens is 375 g/mol. The standard InChI is InChI=1S/C21H27FN4O3/c1-15(2)24-21(28)20(27)23-14-18(19-4-3-13-29-19)26-11-9-25(10-12-26)17-7-5-16(22)6-8-17/h3-8,13,15,18H,9-12,14H2,1-2H3,(H,23,27)(H,24,28)/t18-/m1/s1. The number of carbonyl (C=O) groups is 2. The number of nitrogens with one attached hydrogen (secondary N) is 2. The summed E-state index contributed by atoms with van der Waals surface area (Å²) >= 11 is 0. The fourth-order valence-electron chi connectivity index (χ4n) is 3.43. The van der Waals surface area contributed by atoms with Gasteiger partial charge in [0.25, 0.3) is 0 Å². The third-order valence-electron chi connectivity index (χ3n) is 4.90. The Morgan fingerprint density at radius 3 is 2.34 bits per heavy atom. The second-order valence-corrected chi connectivity index (χ2v) is 7.37. The van der Waals surface area contributed by atoms with Crippen LogP contribution in [-0.4, -0.2) is 55.5 Å². The summed E-state index contributed by atoms with van der Waals surface area (Å²) in [5, 5.41) is 5.30. The van der Waals surface area contributed by atoms with E-state index in [1.165, 1.54) is 12.1 Å². The second-order valence-electron chi connectivity index (χ2n) is 7.37. The lowest BCUT2D eigenvalue weighted by atomic mass is 10.1. The van der Waals surface area contributed by atoms with Crippen molar-refractivity contribution in [3.05, 3.63) is 54.2 Å². The number of anilines is 1. The molecule has 2 N–H and O–H groups in total. The highest BCUT2D eigenvalue weighted by atomic mass is 19.1. The fourth-order valence-corrected chi connectivity index (χ4v) is 3.43. The van der Waals surface area contributed by atoms with Crippen molar-refractivity contribution in [2.24, 2.45) is 0 Å². The minimum absolute atomic E-state index is 0.103. The maximum absolute atomic E-state index is 13.2. The highest BCUT2D eigenvalue weighted by Gasteiger charge is 2.28. The number of amides is 2. The lowest BCUT2D eigenvalue weighted by molar-refractivity contribution is -0.139. The summed E-state index contributed by atoms with van der Waals surface area (Å²) in [5.41, 5.74) is 0.985. The first-order valence-electron chi connectivity index (χ1n) is 9.80. The van der Waals surface area contributed by atoms with Gasteiger partial charge in [0, 0.05) is 44.5 Å². The van der Waals surface area contributed by atoms with Crippen LogP contribution in [0.2, 0.25) is 0 Å². The Kier molecular flexibility index (Phi) is 6.87. The van der Waals surface area contributed by atoms with Crippen LogP contribution in [0.3, 0.4) is 0 Å². The number of halogens is 1. The summed E-state index contributed by atoms with van der Waals surface area (Å²) in [6.07, 6.45) is 1.60. The zero-order valence-electron chi connectivity index (χ0n) is 16.7. The van der Waals surface area contributed by atoms with Crippen molar-refractivity contribution in [1.82, 2.24) is 15.5 Å². The molecule has 1 aromatic heterocycles. The molecule has 156 valence electrons. The van der Waals surface area contributed by atoms with Gasteiger partial charge in [-0.15, -0.1) is 0 Å². The van der Waals surface area contributed by atoms with Crippen molar-refractivity contribution in [3.63, 3.8) is 0 Å². The molecule has 1 saturated heterocycles. The summed E-state index contributed by atoms with van der Waals surface area (Å²) in [4.78, 5) is 28.4. The van der Waals surface area contributed by atoms with Gasteiger partial charge < -0.3 is 20.0 Å². The van der Waals surface area contributed by atoms with Gasteiger partial charge in [-0.3, -0.25) is 14.5 Å². The molecule has 1 aliphatic rings. The summed E-state index contributed by atoms with van der Waals surface area (Å²) in [6, 6.07) is 9.90. The van der Waals surface area contributed by atoms with E-state index in [0.717, 1.165) is 37.6 Å². The maximum atomic E-state index is 13.2. The molecule has 1 atom stereocenters. The molecule has 0 spiro atoms. The SMILES string of the molecule is CC(C)NC(=O)C(=O)NC[C@H](c1ccco1)N1CCN(c2ccc(F)cc2)CC1. The molecule has 8 heteroatoms. The van der Waals surface area contributed by atoms with Crippen molar-refractivity contribution in [3.8, 4) is 0 Å². The molecule has 0 radical (unpaired) electrons. The van der Waals surface area contributed by atoms with Gasteiger partial charge in [-0.1, -0.05) is 0 Å². The Labute approximate surface area is 169 Å². The normalized spacial score (nSPS) is 15.9. The van der Waals surface area contributed by atoms with Gasteiger partial charge in [0.15, 0.2) is 0 Å². The Hall–Kier alpha value is -2.87. The zero-order valence-corrected chi connectivity index (χ0v) is 16.7. The minimum atomic E-state index is -0.653. The van der Waals surface area contributed by atoms with E-state index in [2.05, 4.69) is 20.4 Å². The molecule has 2 aromatic rings. The number of hydrogen-bond donors (Lipinski definition) is 2. The van der Waals surface area contributed by atoms with Crippen LogP contribution in [0.25, 0.3) is 0 Å². The number of hydrogen-bond acceptors (Lipinski definition) is 5. The molecule has 1 aromatic carbocycles. The van der Waals surface area contributed by atoms with E-state index < -0.39 is 11.8 Å². The molecule has 0 bridgehead atoms. The summed E-state index contributed by atoms with van der Waals surface area (Å²) < 4.78 is 18.7. The summed E-state index contributed by atoms with van der Waals surface area (Å²) in [7, 11) is 0. The Morgan fingerprint density at radius 1 is 1.07 bits per heavy atom. The molecule has 29 heavy (non-hydrogen) atoms. The van der Waals surface area contributed by atoms with Crippen LogP contribution in [0, 0.1) is 5.82 Å².